The van der Waals surface area contributed by atoms with Gasteiger partial charge in [0.05, 0.1) is 11.9 Å². The number of urea groups is 1. The number of hydrogen-bond donors (Lipinski definition) is 1. The Kier molecular flexibility index (Phi) is 4.27. The first-order chi connectivity index (χ1) is 13.0. The molecule has 0 spiro atoms. The van der Waals surface area contributed by atoms with Crippen LogP contribution in [0.1, 0.15) is 23.3 Å². The summed E-state index contributed by atoms with van der Waals surface area (Å²) in [7, 11) is 0. The summed E-state index contributed by atoms with van der Waals surface area (Å²) in [6.07, 6.45) is 5.06. The molecule has 3 heterocycles. The molecule has 2 unspecified atom stereocenters. The van der Waals surface area contributed by atoms with Crippen molar-refractivity contribution in [1.29, 1.82) is 0 Å². The number of halogens is 1. The third-order valence-electron chi connectivity index (χ3n) is 4.74. The van der Waals surface area contributed by atoms with Crippen LogP contribution in [-0.4, -0.2) is 51.3 Å². The van der Waals surface area contributed by atoms with Crippen molar-refractivity contribution in [2.24, 2.45) is 0 Å². The lowest BCUT2D eigenvalue weighted by atomic mass is 9.98. The Morgan fingerprint density at radius 1 is 1.26 bits per heavy atom. The van der Waals surface area contributed by atoms with Crippen LogP contribution in [0.2, 0.25) is 0 Å². The van der Waals surface area contributed by atoms with Gasteiger partial charge >= 0.3 is 6.03 Å². The largest absolute Gasteiger partial charge is 0.348 e. The molecule has 2 fully saturated rings. The number of aromatic nitrogens is 2. The van der Waals surface area contributed by atoms with E-state index in [-0.39, 0.29) is 23.3 Å². The number of amides is 4. The van der Waals surface area contributed by atoms with Crippen LogP contribution in [0.4, 0.5) is 14.9 Å². The van der Waals surface area contributed by atoms with Crippen molar-refractivity contribution >= 4 is 23.5 Å². The van der Waals surface area contributed by atoms with Crippen molar-refractivity contribution < 1.29 is 18.8 Å². The van der Waals surface area contributed by atoms with Gasteiger partial charge in [-0.05, 0) is 31.0 Å². The van der Waals surface area contributed by atoms with E-state index in [1.165, 1.54) is 41.7 Å². The van der Waals surface area contributed by atoms with Gasteiger partial charge in [-0.1, -0.05) is 6.07 Å². The van der Waals surface area contributed by atoms with Crippen molar-refractivity contribution in [1.82, 2.24) is 20.2 Å². The molecule has 1 aromatic carbocycles. The van der Waals surface area contributed by atoms with Crippen LogP contribution < -0.4 is 10.2 Å². The minimum atomic E-state index is -0.679. The molecule has 0 aliphatic carbocycles. The summed E-state index contributed by atoms with van der Waals surface area (Å²) < 4.78 is 13.5. The molecule has 4 rings (SSSR count). The normalized spacial score (nSPS) is 22.0. The number of nitrogens with one attached hydrogen (secondary N) is 1. The molecule has 2 aliphatic rings. The lowest BCUT2D eigenvalue weighted by molar-refractivity contribution is -0.120. The summed E-state index contributed by atoms with van der Waals surface area (Å²) in [5, 5.41) is 2.84. The van der Waals surface area contributed by atoms with Gasteiger partial charge in [-0.25, -0.2) is 19.1 Å². The van der Waals surface area contributed by atoms with Gasteiger partial charge in [0.15, 0.2) is 0 Å². The fraction of sp³-hybridized carbons (Fsp3) is 0.278. The Hall–Kier alpha value is -3.36. The zero-order valence-electron chi connectivity index (χ0n) is 14.2. The van der Waals surface area contributed by atoms with E-state index in [4.69, 9.17) is 0 Å². The van der Waals surface area contributed by atoms with Gasteiger partial charge < -0.3 is 10.2 Å². The second kappa shape index (κ2) is 6.75. The zero-order valence-corrected chi connectivity index (χ0v) is 14.2. The van der Waals surface area contributed by atoms with E-state index in [9.17, 15) is 18.8 Å². The van der Waals surface area contributed by atoms with Gasteiger partial charge in [0.2, 0.25) is 0 Å². The smallest absolute Gasteiger partial charge is 0.332 e. The van der Waals surface area contributed by atoms with Gasteiger partial charge in [-0.15, -0.1) is 0 Å². The highest BCUT2D eigenvalue weighted by atomic mass is 19.1. The number of benzene rings is 1. The number of anilines is 1. The Morgan fingerprint density at radius 2 is 2.11 bits per heavy atom. The van der Waals surface area contributed by atoms with Crippen molar-refractivity contribution in [3.8, 4) is 0 Å². The van der Waals surface area contributed by atoms with Crippen LogP contribution in [0, 0.1) is 5.82 Å². The monoisotopic (exact) mass is 369 g/mol. The number of imide groups is 1. The Balaban J connectivity index is 1.49. The lowest BCUT2D eigenvalue weighted by Crippen LogP contribution is -2.49. The third-order valence-corrected chi connectivity index (χ3v) is 4.74. The van der Waals surface area contributed by atoms with Crippen molar-refractivity contribution in [3.63, 3.8) is 0 Å². The zero-order chi connectivity index (χ0) is 19.0. The second-order valence-electron chi connectivity index (χ2n) is 6.43. The first-order valence-corrected chi connectivity index (χ1v) is 8.51. The molecule has 1 aromatic heterocycles. The Bertz CT molecular complexity index is 907. The third kappa shape index (κ3) is 3.12. The Labute approximate surface area is 154 Å². The molecule has 138 valence electrons. The maximum Gasteiger partial charge on any atom is 0.332 e. The van der Waals surface area contributed by atoms with Crippen LogP contribution in [-0.2, 0) is 4.79 Å². The molecular weight excluding hydrogens is 353 g/mol. The average molecular weight is 369 g/mol. The SMILES string of the molecule is O=C(NC1CCN2C(=O)N(c3cccc(F)c3)C(=O)C2C1)c1cnccn1. The highest BCUT2D eigenvalue weighted by Gasteiger charge is 2.48. The van der Waals surface area contributed by atoms with E-state index in [1.54, 1.807) is 0 Å². The number of rotatable bonds is 3. The van der Waals surface area contributed by atoms with E-state index in [2.05, 4.69) is 15.3 Å². The summed E-state index contributed by atoms with van der Waals surface area (Å²) >= 11 is 0. The van der Waals surface area contributed by atoms with Gasteiger partial charge in [0.25, 0.3) is 11.8 Å². The van der Waals surface area contributed by atoms with Gasteiger partial charge in [-0.3, -0.25) is 14.6 Å². The molecule has 2 aromatic rings. The van der Waals surface area contributed by atoms with E-state index < -0.39 is 23.8 Å². The predicted octanol–water partition coefficient (Wildman–Crippen LogP) is 1.35. The molecule has 2 saturated heterocycles. The highest BCUT2D eigenvalue weighted by molar-refractivity contribution is 6.21. The van der Waals surface area contributed by atoms with Crippen LogP contribution in [0.5, 0.6) is 0 Å². The van der Waals surface area contributed by atoms with Crippen LogP contribution >= 0.6 is 0 Å². The molecule has 1 N–H and O–H groups in total. The number of fused-ring (bicyclic) bond motifs is 1. The minimum absolute atomic E-state index is 0.190. The van der Waals surface area contributed by atoms with E-state index in [1.807, 2.05) is 0 Å². The standard InChI is InChI=1S/C18H16FN5O3/c19-11-2-1-3-13(8-11)24-17(26)15-9-12(4-7-23(15)18(24)27)22-16(25)14-10-20-5-6-21-14/h1-3,5-6,8,10,12,15H,4,7,9H2,(H,22,25). The van der Waals surface area contributed by atoms with Crippen LogP contribution in [0.25, 0.3) is 0 Å². The molecule has 0 saturated carbocycles. The first kappa shape index (κ1) is 17.1. The number of carbonyl (C=O) groups excluding carboxylic acids is 3. The topological polar surface area (TPSA) is 95.5 Å². The molecule has 27 heavy (non-hydrogen) atoms. The van der Waals surface area contributed by atoms with Gasteiger partial charge in [-0.2, -0.15) is 0 Å². The average Bonchev–Trinajstić information content (AvgIpc) is 2.92. The van der Waals surface area contributed by atoms with Crippen LogP contribution in [0.3, 0.4) is 0 Å². The molecule has 8 nitrogen and oxygen atoms in total. The molecule has 4 amide bonds. The molecule has 2 aliphatic heterocycles. The predicted molar refractivity (Wildman–Crippen MR) is 92.3 cm³/mol. The molecule has 0 radical (unpaired) electrons. The van der Waals surface area contributed by atoms with E-state index in [0.717, 1.165) is 11.0 Å². The number of piperidine rings is 1. The second-order valence-corrected chi connectivity index (χ2v) is 6.43. The molecule has 9 heteroatoms. The molecular formula is C18H16FN5O3. The summed E-state index contributed by atoms with van der Waals surface area (Å²) in [6, 6.07) is 3.96. The fourth-order valence-electron chi connectivity index (χ4n) is 3.46. The maximum atomic E-state index is 13.5. The van der Waals surface area contributed by atoms with E-state index >= 15 is 0 Å². The molecule has 2 atom stereocenters. The van der Waals surface area contributed by atoms with Crippen molar-refractivity contribution in [3.05, 3.63) is 54.4 Å². The number of nitrogens with zero attached hydrogens (tertiary/aromatic N) is 4. The quantitative estimate of drug-likeness (QED) is 0.824. The minimum Gasteiger partial charge on any atom is -0.348 e. The van der Waals surface area contributed by atoms with Gasteiger partial charge in [0, 0.05) is 25.0 Å². The number of carbonyl (C=O) groups is 3. The van der Waals surface area contributed by atoms with Crippen molar-refractivity contribution in [2.45, 2.75) is 24.9 Å². The first-order valence-electron chi connectivity index (χ1n) is 8.51. The molecule has 0 bridgehead atoms. The van der Waals surface area contributed by atoms with E-state index in [0.29, 0.717) is 19.4 Å². The van der Waals surface area contributed by atoms with Crippen LogP contribution in [0.15, 0.2) is 42.9 Å². The number of hydrogen-bond acceptors (Lipinski definition) is 5. The summed E-state index contributed by atoms with van der Waals surface area (Å²) in [6.45, 7) is 0.326. The summed E-state index contributed by atoms with van der Waals surface area (Å²) in [5.74, 6) is -1.31. The van der Waals surface area contributed by atoms with Crippen molar-refractivity contribution in [2.75, 3.05) is 11.4 Å². The lowest BCUT2D eigenvalue weighted by Gasteiger charge is -2.32. The fourth-order valence-corrected chi connectivity index (χ4v) is 3.46. The van der Waals surface area contributed by atoms with Gasteiger partial charge in [0.1, 0.15) is 17.6 Å². The Morgan fingerprint density at radius 3 is 2.85 bits per heavy atom. The maximum absolute atomic E-state index is 13.5. The summed E-state index contributed by atoms with van der Waals surface area (Å²) in [4.78, 5) is 47.9. The highest BCUT2D eigenvalue weighted by Crippen LogP contribution is 2.31. The summed E-state index contributed by atoms with van der Waals surface area (Å²) in [5.41, 5.74) is 0.398.